The number of hydrogen-bond donors (Lipinski definition) is 1. The van der Waals surface area contributed by atoms with E-state index >= 15 is 0 Å². The van der Waals surface area contributed by atoms with E-state index in [1.165, 1.54) is 17.0 Å². The van der Waals surface area contributed by atoms with Crippen LogP contribution in [0.15, 0.2) is 41.0 Å². The molecule has 0 saturated heterocycles. The third-order valence-corrected chi connectivity index (χ3v) is 5.61. The van der Waals surface area contributed by atoms with Crippen molar-refractivity contribution in [2.45, 2.75) is 73.1 Å². The Balaban J connectivity index is 3.12. The number of hydrogen-bond acceptors (Lipinski definition) is 2. The molecule has 156 valence electrons. The molecule has 1 heterocycles. The van der Waals surface area contributed by atoms with Crippen LogP contribution in [0.25, 0.3) is 0 Å². The second-order valence-electron chi connectivity index (χ2n) is 7.33. The molecule has 1 rings (SSSR count). The van der Waals surface area contributed by atoms with Gasteiger partial charge in [0.1, 0.15) is 0 Å². The molecule has 0 aromatic carbocycles. The van der Waals surface area contributed by atoms with Crippen LogP contribution in [0.4, 0.5) is 8.78 Å². The number of rotatable bonds is 10. The first-order valence-corrected chi connectivity index (χ1v) is 10.8. The summed E-state index contributed by atoms with van der Waals surface area (Å²) in [4.78, 5) is 14.1. The Labute approximate surface area is 172 Å². The van der Waals surface area contributed by atoms with Gasteiger partial charge in [0.25, 0.3) is 11.8 Å². The number of thiophene rings is 1. The summed E-state index contributed by atoms with van der Waals surface area (Å²) < 4.78 is 27.8. The zero-order valence-corrected chi connectivity index (χ0v) is 18.7. The fourth-order valence-corrected chi connectivity index (χ4v) is 3.77. The summed E-state index contributed by atoms with van der Waals surface area (Å²) in [6.07, 6.45) is 9.52. The van der Waals surface area contributed by atoms with Crippen molar-refractivity contribution in [1.82, 2.24) is 5.32 Å². The molecule has 5 heteroatoms. The lowest BCUT2D eigenvalue weighted by molar-refractivity contribution is 0.0672. The molecule has 0 aliphatic heterocycles. The lowest BCUT2D eigenvalue weighted by Crippen LogP contribution is -2.24. The zero-order valence-electron chi connectivity index (χ0n) is 17.9. The second-order valence-corrected chi connectivity index (χ2v) is 8.30. The van der Waals surface area contributed by atoms with Crippen molar-refractivity contribution < 1.29 is 13.6 Å². The van der Waals surface area contributed by atoms with Crippen LogP contribution in [-0.2, 0) is 12.8 Å². The van der Waals surface area contributed by atoms with E-state index in [1.807, 2.05) is 12.3 Å². The highest BCUT2D eigenvalue weighted by atomic mass is 32.1. The molecule has 1 N–H and O–H groups in total. The van der Waals surface area contributed by atoms with Crippen LogP contribution in [0.2, 0.25) is 0 Å². The van der Waals surface area contributed by atoms with Crippen molar-refractivity contribution >= 4 is 17.2 Å². The molecular formula is C23H33F2NOS. The van der Waals surface area contributed by atoms with Gasteiger partial charge in [-0.05, 0) is 50.2 Å². The zero-order chi connectivity index (χ0) is 21.3. The number of aryl methyl sites for hydroxylation is 1. The van der Waals surface area contributed by atoms with E-state index in [4.69, 9.17) is 0 Å². The summed E-state index contributed by atoms with van der Waals surface area (Å²) >= 11 is 1.59. The van der Waals surface area contributed by atoms with E-state index < -0.39 is 5.92 Å². The number of carbonyl (C=O) groups excluding carboxylic acids is 1. The first kappa shape index (κ1) is 24.3. The molecule has 28 heavy (non-hydrogen) atoms. The smallest absolute Gasteiger partial charge is 0.270 e. The van der Waals surface area contributed by atoms with Crippen LogP contribution >= 0.6 is 11.3 Å². The van der Waals surface area contributed by atoms with E-state index in [0.29, 0.717) is 23.6 Å². The van der Waals surface area contributed by atoms with Gasteiger partial charge in [-0.2, -0.15) is 0 Å². The molecule has 1 aromatic rings. The molecule has 0 aliphatic carbocycles. The summed E-state index contributed by atoms with van der Waals surface area (Å²) in [7, 11) is 0. The van der Waals surface area contributed by atoms with E-state index in [9.17, 15) is 13.6 Å². The SMILES string of the molecule is C\C=C(/C=C(\C=C\CC)C(C)(F)F)NC(=O)c1csc(CC)c1CCC(C)C. The lowest BCUT2D eigenvalue weighted by atomic mass is 9.99. The molecule has 1 amide bonds. The molecule has 2 nitrogen and oxygen atoms in total. The van der Waals surface area contributed by atoms with Gasteiger partial charge in [-0.1, -0.05) is 45.9 Å². The summed E-state index contributed by atoms with van der Waals surface area (Å²) in [6.45, 7) is 10.9. The Morgan fingerprint density at radius 2 is 2.00 bits per heavy atom. The summed E-state index contributed by atoms with van der Waals surface area (Å²) in [6, 6.07) is 0. The topological polar surface area (TPSA) is 29.1 Å². The van der Waals surface area contributed by atoms with Crippen molar-refractivity contribution in [3.05, 3.63) is 57.0 Å². The molecule has 0 atom stereocenters. The largest absolute Gasteiger partial charge is 0.322 e. The Hall–Kier alpha value is -1.75. The standard InChI is InChI=1S/C23H33F2NOS/c1-7-10-11-17(23(6,24)25)14-18(8-2)26-22(27)20-15-28-21(9-3)19(20)13-12-16(4)5/h8,10-11,14-16H,7,9,12-13H2,1-6H3,(H,26,27)/b11-10+,17-14+,18-8+. The van der Waals surface area contributed by atoms with Gasteiger partial charge >= 0.3 is 0 Å². The first-order chi connectivity index (χ1) is 13.1. The number of alkyl halides is 2. The van der Waals surface area contributed by atoms with Crippen LogP contribution in [0.1, 0.15) is 75.2 Å². The minimum absolute atomic E-state index is 0.123. The number of halogens is 2. The minimum Gasteiger partial charge on any atom is -0.322 e. The summed E-state index contributed by atoms with van der Waals surface area (Å²) in [5, 5.41) is 4.69. The Kier molecular flexibility index (Phi) is 9.80. The van der Waals surface area contributed by atoms with Crippen molar-refractivity contribution in [3.8, 4) is 0 Å². The fourth-order valence-electron chi connectivity index (χ4n) is 2.74. The highest BCUT2D eigenvalue weighted by molar-refractivity contribution is 7.10. The van der Waals surface area contributed by atoms with Crippen molar-refractivity contribution in [3.63, 3.8) is 0 Å². The minimum atomic E-state index is -2.98. The Bertz CT molecular complexity index is 736. The van der Waals surface area contributed by atoms with Gasteiger partial charge in [-0.25, -0.2) is 8.78 Å². The second kappa shape index (κ2) is 11.3. The predicted octanol–water partition coefficient (Wildman–Crippen LogP) is 7.08. The average molecular weight is 410 g/mol. The number of allylic oxidation sites excluding steroid dienone is 5. The average Bonchev–Trinajstić information content (AvgIpc) is 3.04. The first-order valence-electron chi connectivity index (χ1n) is 9.97. The van der Waals surface area contributed by atoms with Crippen molar-refractivity contribution in [1.29, 1.82) is 0 Å². The van der Waals surface area contributed by atoms with Crippen LogP contribution < -0.4 is 5.32 Å². The van der Waals surface area contributed by atoms with Gasteiger partial charge < -0.3 is 5.32 Å². The monoisotopic (exact) mass is 409 g/mol. The molecule has 1 aromatic heterocycles. The van der Waals surface area contributed by atoms with Gasteiger partial charge in [0.05, 0.1) is 5.56 Å². The van der Waals surface area contributed by atoms with E-state index in [1.54, 1.807) is 30.4 Å². The number of carbonyl (C=O) groups is 1. The molecule has 0 unspecified atom stereocenters. The van der Waals surface area contributed by atoms with Crippen LogP contribution in [0.3, 0.4) is 0 Å². The maximum atomic E-state index is 13.9. The van der Waals surface area contributed by atoms with Gasteiger partial charge in [0.2, 0.25) is 0 Å². The molecule has 0 bridgehead atoms. The summed E-state index contributed by atoms with van der Waals surface area (Å²) in [5.74, 6) is -2.67. The van der Waals surface area contributed by atoms with Crippen LogP contribution in [-0.4, -0.2) is 11.8 Å². The van der Waals surface area contributed by atoms with Crippen molar-refractivity contribution in [2.75, 3.05) is 0 Å². The predicted molar refractivity (Wildman–Crippen MR) is 116 cm³/mol. The Morgan fingerprint density at radius 1 is 1.32 bits per heavy atom. The maximum Gasteiger partial charge on any atom is 0.270 e. The number of amides is 1. The molecule has 0 radical (unpaired) electrons. The maximum absolute atomic E-state index is 13.9. The van der Waals surface area contributed by atoms with E-state index in [2.05, 4.69) is 26.1 Å². The quantitative estimate of drug-likeness (QED) is 0.411. The summed E-state index contributed by atoms with van der Waals surface area (Å²) in [5.41, 5.74) is 2.00. The van der Waals surface area contributed by atoms with E-state index in [0.717, 1.165) is 31.7 Å². The van der Waals surface area contributed by atoms with Gasteiger partial charge in [0, 0.05) is 28.5 Å². The van der Waals surface area contributed by atoms with Gasteiger partial charge in [-0.15, -0.1) is 11.3 Å². The van der Waals surface area contributed by atoms with Crippen LogP contribution in [0, 0.1) is 5.92 Å². The van der Waals surface area contributed by atoms with Gasteiger partial charge in [0.15, 0.2) is 0 Å². The number of nitrogens with one attached hydrogen (secondary N) is 1. The molecular weight excluding hydrogens is 376 g/mol. The fraction of sp³-hybridized carbons (Fsp3) is 0.522. The highest BCUT2D eigenvalue weighted by Crippen LogP contribution is 2.27. The van der Waals surface area contributed by atoms with Crippen LogP contribution in [0.5, 0.6) is 0 Å². The van der Waals surface area contributed by atoms with Gasteiger partial charge in [-0.3, -0.25) is 4.79 Å². The Morgan fingerprint density at radius 3 is 2.50 bits per heavy atom. The molecule has 0 spiro atoms. The molecule has 0 aliphatic rings. The lowest BCUT2D eigenvalue weighted by Gasteiger charge is -2.14. The third kappa shape index (κ3) is 7.34. The highest BCUT2D eigenvalue weighted by Gasteiger charge is 2.26. The molecule has 0 saturated carbocycles. The normalized spacial score (nSPS) is 13.6. The molecule has 0 fully saturated rings. The van der Waals surface area contributed by atoms with E-state index in [-0.39, 0.29) is 11.5 Å². The van der Waals surface area contributed by atoms with Crippen molar-refractivity contribution in [2.24, 2.45) is 5.92 Å². The third-order valence-electron chi connectivity index (χ3n) is 4.44.